The van der Waals surface area contributed by atoms with Crippen molar-refractivity contribution in [1.82, 2.24) is 19.5 Å². The van der Waals surface area contributed by atoms with Gasteiger partial charge in [0, 0.05) is 23.2 Å². The summed E-state index contributed by atoms with van der Waals surface area (Å²) in [5.74, 6) is 0.0117. The molecule has 1 aliphatic rings. The highest BCUT2D eigenvalue weighted by atomic mass is 16.2. The Morgan fingerprint density at radius 1 is 1.23 bits per heavy atom. The minimum absolute atomic E-state index is 0.0117. The molecule has 1 fully saturated rings. The predicted molar refractivity (Wildman–Crippen MR) is 101 cm³/mol. The summed E-state index contributed by atoms with van der Waals surface area (Å²) in [6.07, 6.45) is 5.72. The van der Waals surface area contributed by atoms with Crippen molar-refractivity contribution in [3.8, 4) is 0 Å². The van der Waals surface area contributed by atoms with Crippen molar-refractivity contribution in [3.05, 3.63) is 46.4 Å². The topological polar surface area (TPSA) is 68.4 Å². The van der Waals surface area contributed by atoms with E-state index in [4.69, 9.17) is 0 Å². The Morgan fingerprint density at radius 3 is 2.73 bits per heavy atom. The fourth-order valence-corrected chi connectivity index (χ4v) is 4.07. The summed E-state index contributed by atoms with van der Waals surface area (Å²) in [6, 6.07) is 9.16. The number of aromatic nitrogens is 3. The number of para-hydroxylation sites is 1. The lowest BCUT2D eigenvalue weighted by Gasteiger charge is -2.25. The van der Waals surface area contributed by atoms with Crippen LogP contribution < -0.4 is 10.9 Å². The second-order valence-electron chi connectivity index (χ2n) is 7.25. The van der Waals surface area contributed by atoms with Crippen LogP contribution in [0.2, 0.25) is 0 Å². The van der Waals surface area contributed by atoms with Gasteiger partial charge in [-0.05, 0) is 38.8 Å². The molecule has 0 saturated heterocycles. The number of carbonyl (C=O) groups is 1. The van der Waals surface area contributed by atoms with Crippen molar-refractivity contribution in [3.63, 3.8) is 0 Å². The second-order valence-corrected chi connectivity index (χ2v) is 7.25. The minimum atomic E-state index is -0.401. The highest BCUT2D eigenvalue weighted by molar-refractivity contribution is 5.94. The van der Waals surface area contributed by atoms with E-state index in [9.17, 15) is 9.59 Å². The van der Waals surface area contributed by atoms with Gasteiger partial charge in [-0.2, -0.15) is 4.98 Å². The van der Waals surface area contributed by atoms with Gasteiger partial charge in [-0.25, -0.2) is 4.52 Å². The van der Waals surface area contributed by atoms with E-state index in [1.807, 2.05) is 47.3 Å². The fraction of sp³-hybridized carbons (Fsp3) is 0.450. The standard InChI is InChI=1S/C20H24N4O2/c1-13-12-18(25)22-19-16-10-6-7-11-17(16)24(23(13)19)14(2)20(26)21-15-8-4-3-5-9-15/h6-7,10-12,14-15H,3-5,8-9H2,1-2H3,(H,21,26). The van der Waals surface area contributed by atoms with E-state index in [0.29, 0.717) is 5.65 Å². The number of fused-ring (bicyclic) bond motifs is 3. The monoisotopic (exact) mass is 352 g/mol. The SMILES string of the molecule is Cc1cc(=O)nc2c3ccccc3n(C(C)C(=O)NC3CCCCC3)n12. The van der Waals surface area contributed by atoms with Crippen molar-refractivity contribution < 1.29 is 4.79 Å². The number of benzene rings is 1. The highest BCUT2D eigenvalue weighted by Gasteiger charge is 2.24. The summed E-state index contributed by atoms with van der Waals surface area (Å²) in [5.41, 5.74) is 2.01. The summed E-state index contributed by atoms with van der Waals surface area (Å²) in [5, 5.41) is 4.09. The van der Waals surface area contributed by atoms with Gasteiger partial charge in [0.25, 0.3) is 5.56 Å². The van der Waals surface area contributed by atoms with Gasteiger partial charge in [0.2, 0.25) is 5.91 Å². The Morgan fingerprint density at radius 2 is 1.96 bits per heavy atom. The van der Waals surface area contributed by atoms with Gasteiger partial charge in [-0.15, -0.1) is 0 Å². The van der Waals surface area contributed by atoms with Crippen molar-refractivity contribution in [2.24, 2.45) is 0 Å². The van der Waals surface area contributed by atoms with E-state index < -0.39 is 6.04 Å². The van der Waals surface area contributed by atoms with E-state index in [1.165, 1.54) is 25.3 Å². The molecule has 1 saturated carbocycles. The Bertz CT molecular complexity index is 1030. The lowest BCUT2D eigenvalue weighted by Crippen LogP contribution is -2.40. The number of hydrogen-bond acceptors (Lipinski definition) is 3. The minimum Gasteiger partial charge on any atom is -0.352 e. The van der Waals surface area contributed by atoms with Crippen LogP contribution in [0.4, 0.5) is 0 Å². The van der Waals surface area contributed by atoms with E-state index >= 15 is 0 Å². The molecule has 4 rings (SSSR count). The molecule has 0 spiro atoms. The van der Waals surface area contributed by atoms with Crippen LogP contribution in [0, 0.1) is 6.92 Å². The summed E-state index contributed by atoms with van der Waals surface area (Å²) in [6.45, 7) is 3.78. The Labute approximate surface area is 151 Å². The van der Waals surface area contributed by atoms with Crippen molar-refractivity contribution >= 4 is 22.5 Å². The third-order valence-corrected chi connectivity index (χ3v) is 5.39. The first-order valence-electron chi connectivity index (χ1n) is 9.36. The largest absolute Gasteiger partial charge is 0.352 e. The molecule has 1 unspecified atom stereocenters. The first-order chi connectivity index (χ1) is 12.6. The van der Waals surface area contributed by atoms with Crippen LogP contribution in [-0.4, -0.2) is 26.1 Å². The number of aryl methyl sites for hydroxylation is 1. The summed E-state index contributed by atoms with van der Waals surface area (Å²) >= 11 is 0. The molecule has 1 N–H and O–H groups in total. The number of nitrogens with zero attached hydrogens (tertiary/aromatic N) is 3. The molecule has 0 radical (unpaired) electrons. The molecule has 1 aliphatic carbocycles. The first-order valence-corrected chi connectivity index (χ1v) is 9.36. The average Bonchev–Trinajstić information content (AvgIpc) is 2.97. The van der Waals surface area contributed by atoms with Gasteiger partial charge in [0.15, 0.2) is 5.65 Å². The summed E-state index contributed by atoms with van der Waals surface area (Å²) in [4.78, 5) is 29.1. The molecule has 0 aliphatic heterocycles. The van der Waals surface area contributed by atoms with Gasteiger partial charge >= 0.3 is 0 Å². The maximum atomic E-state index is 12.9. The van der Waals surface area contributed by atoms with Gasteiger partial charge in [-0.1, -0.05) is 31.4 Å². The maximum absolute atomic E-state index is 12.9. The number of hydrogen-bond donors (Lipinski definition) is 1. The molecule has 3 aromatic rings. The molecular formula is C20H24N4O2. The lowest BCUT2D eigenvalue weighted by molar-refractivity contribution is -0.125. The van der Waals surface area contributed by atoms with Crippen molar-refractivity contribution in [1.29, 1.82) is 0 Å². The van der Waals surface area contributed by atoms with Crippen LogP contribution in [0.1, 0.15) is 50.8 Å². The molecule has 136 valence electrons. The maximum Gasteiger partial charge on any atom is 0.273 e. The zero-order valence-electron chi connectivity index (χ0n) is 15.2. The molecule has 1 aromatic carbocycles. The highest BCUT2D eigenvalue weighted by Crippen LogP contribution is 2.25. The van der Waals surface area contributed by atoms with E-state index in [-0.39, 0.29) is 17.5 Å². The zero-order chi connectivity index (χ0) is 18.3. The molecule has 6 heteroatoms. The quantitative estimate of drug-likeness (QED) is 0.788. The van der Waals surface area contributed by atoms with Crippen LogP contribution in [-0.2, 0) is 4.79 Å². The Balaban J connectivity index is 1.81. The van der Waals surface area contributed by atoms with Crippen LogP contribution in [0.25, 0.3) is 16.6 Å². The number of nitrogens with one attached hydrogen (secondary N) is 1. The van der Waals surface area contributed by atoms with E-state index in [1.54, 1.807) is 0 Å². The van der Waals surface area contributed by atoms with Crippen LogP contribution >= 0.6 is 0 Å². The second kappa shape index (κ2) is 6.59. The number of rotatable bonds is 3. The predicted octanol–water partition coefficient (Wildman–Crippen LogP) is 2.97. The Kier molecular flexibility index (Phi) is 4.26. The lowest BCUT2D eigenvalue weighted by atomic mass is 9.95. The third kappa shape index (κ3) is 2.79. The van der Waals surface area contributed by atoms with E-state index in [0.717, 1.165) is 29.4 Å². The third-order valence-electron chi connectivity index (χ3n) is 5.39. The van der Waals surface area contributed by atoms with Crippen LogP contribution in [0.5, 0.6) is 0 Å². The molecule has 2 aromatic heterocycles. The number of carbonyl (C=O) groups excluding carboxylic acids is 1. The van der Waals surface area contributed by atoms with Crippen molar-refractivity contribution in [2.75, 3.05) is 0 Å². The van der Waals surface area contributed by atoms with Crippen molar-refractivity contribution in [2.45, 2.75) is 58.0 Å². The van der Waals surface area contributed by atoms with E-state index in [2.05, 4.69) is 10.3 Å². The molecule has 1 amide bonds. The summed E-state index contributed by atoms with van der Waals surface area (Å²) in [7, 11) is 0. The van der Waals surface area contributed by atoms with Gasteiger partial charge in [0.1, 0.15) is 6.04 Å². The molecule has 2 heterocycles. The first kappa shape index (κ1) is 16.8. The molecule has 0 bridgehead atoms. The fourth-order valence-electron chi connectivity index (χ4n) is 4.07. The van der Waals surface area contributed by atoms with Gasteiger partial charge < -0.3 is 5.32 Å². The number of amides is 1. The molecule has 1 atom stereocenters. The van der Waals surface area contributed by atoms with Gasteiger partial charge in [0.05, 0.1) is 5.52 Å². The normalized spacial score (nSPS) is 16.8. The molecule has 26 heavy (non-hydrogen) atoms. The van der Waals surface area contributed by atoms with Crippen LogP contribution in [0.3, 0.4) is 0 Å². The Hall–Kier alpha value is -2.63. The summed E-state index contributed by atoms with van der Waals surface area (Å²) < 4.78 is 3.84. The molecular weight excluding hydrogens is 328 g/mol. The zero-order valence-corrected chi connectivity index (χ0v) is 15.2. The molecule has 6 nitrogen and oxygen atoms in total. The smallest absolute Gasteiger partial charge is 0.273 e. The van der Waals surface area contributed by atoms with Gasteiger partial charge in [-0.3, -0.25) is 14.3 Å². The van der Waals surface area contributed by atoms with Crippen LogP contribution in [0.15, 0.2) is 35.1 Å². The average molecular weight is 352 g/mol.